The lowest BCUT2D eigenvalue weighted by molar-refractivity contribution is -0.144. The van der Waals surface area contributed by atoms with Crippen molar-refractivity contribution in [3.63, 3.8) is 0 Å². The van der Waals surface area contributed by atoms with E-state index in [2.05, 4.69) is 0 Å². The van der Waals surface area contributed by atoms with Crippen molar-refractivity contribution in [2.45, 2.75) is 44.8 Å². The molecule has 4 atom stereocenters. The van der Waals surface area contributed by atoms with E-state index < -0.39 is 0 Å². The summed E-state index contributed by atoms with van der Waals surface area (Å²) in [7, 11) is 0. The molecule has 4 nitrogen and oxygen atoms in total. The Morgan fingerprint density at radius 3 is 2.94 bits per heavy atom. The first-order chi connectivity index (χ1) is 7.68. The SMILES string of the molecule is C[C@@H]1C(=O)O[C@@H]2CCCN3C(=O)CCC3[C@@H]12. The third kappa shape index (κ3) is 1.28. The Hall–Kier alpha value is -1.06. The molecule has 0 saturated carbocycles. The second-order valence-corrected chi connectivity index (χ2v) is 5.18. The van der Waals surface area contributed by atoms with E-state index in [1.807, 2.05) is 11.8 Å². The van der Waals surface area contributed by atoms with Crippen LogP contribution in [0.3, 0.4) is 0 Å². The van der Waals surface area contributed by atoms with Gasteiger partial charge in [0, 0.05) is 24.9 Å². The number of rotatable bonds is 0. The van der Waals surface area contributed by atoms with Gasteiger partial charge in [-0.05, 0) is 19.3 Å². The molecule has 3 aliphatic heterocycles. The van der Waals surface area contributed by atoms with Gasteiger partial charge in [0.2, 0.25) is 5.91 Å². The van der Waals surface area contributed by atoms with Crippen molar-refractivity contribution in [1.82, 2.24) is 4.90 Å². The highest BCUT2D eigenvalue weighted by Crippen LogP contribution is 2.41. The highest BCUT2D eigenvalue weighted by Gasteiger charge is 2.51. The first-order valence-corrected chi connectivity index (χ1v) is 6.18. The second-order valence-electron chi connectivity index (χ2n) is 5.18. The molecule has 0 spiro atoms. The Kier molecular flexibility index (Phi) is 2.19. The minimum atomic E-state index is -0.0730. The van der Waals surface area contributed by atoms with Crippen molar-refractivity contribution < 1.29 is 14.3 Å². The van der Waals surface area contributed by atoms with E-state index in [1.165, 1.54) is 0 Å². The van der Waals surface area contributed by atoms with Gasteiger partial charge in [0.25, 0.3) is 0 Å². The molecule has 88 valence electrons. The maximum absolute atomic E-state index is 11.7. The van der Waals surface area contributed by atoms with Gasteiger partial charge >= 0.3 is 5.97 Å². The van der Waals surface area contributed by atoms with Crippen molar-refractivity contribution in [3.8, 4) is 0 Å². The zero-order valence-electron chi connectivity index (χ0n) is 9.52. The lowest BCUT2D eigenvalue weighted by Crippen LogP contribution is -2.41. The summed E-state index contributed by atoms with van der Waals surface area (Å²) < 4.78 is 5.42. The summed E-state index contributed by atoms with van der Waals surface area (Å²) in [4.78, 5) is 25.3. The number of esters is 1. The van der Waals surface area contributed by atoms with Crippen LogP contribution in [-0.4, -0.2) is 35.5 Å². The fraction of sp³-hybridized carbons (Fsp3) is 0.833. The molecule has 1 unspecified atom stereocenters. The third-order valence-electron chi connectivity index (χ3n) is 4.35. The number of carbonyl (C=O) groups is 2. The standard InChI is InChI=1S/C12H17NO3/c1-7-11-8-4-5-10(14)13(8)6-2-3-9(11)16-12(7)15/h7-9,11H,2-6H2,1H3/t7-,8?,9+,11+/m0/s1. The van der Waals surface area contributed by atoms with E-state index in [1.54, 1.807) is 0 Å². The van der Waals surface area contributed by atoms with Gasteiger partial charge in [0.15, 0.2) is 0 Å². The van der Waals surface area contributed by atoms with E-state index in [-0.39, 0.29) is 35.9 Å². The molecule has 0 aliphatic carbocycles. The van der Waals surface area contributed by atoms with Gasteiger partial charge in [-0.2, -0.15) is 0 Å². The van der Waals surface area contributed by atoms with Crippen LogP contribution in [-0.2, 0) is 14.3 Å². The average Bonchev–Trinajstić information content (AvgIpc) is 2.67. The van der Waals surface area contributed by atoms with Crippen LogP contribution in [0.15, 0.2) is 0 Å². The molecule has 0 N–H and O–H groups in total. The lowest BCUT2D eigenvalue weighted by Gasteiger charge is -2.29. The lowest BCUT2D eigenvalue weighted by atomic mass is 9.83. The summed E-state index contributed by atoms with van der Waals surface area (Å²) in [5.41, 5.74) is 0. The van der Waals surface area contributed by atoms with Gasteiger partial charge in [-0.25, -0.2) is 0 Å². The molecule has 0 aromatic rings. The zero-order valence-corrected chi connectivity index (χ0v) is 9.52. The highest BCUT2D eigenvalue weighted by atomic mass is 16.6. The summed E-state index contributed by atoms with van der Waals surface area (Å²) >= 11 is 0. The largest absolute Gasteiger partial charge is 0.462 e. The van der Waals surface area contributed by atoms with E-state index in [4.69, 9.17) is 4.74 Å². The maximum atomic E-state index is 11.7. The molecule has 0 radical (unpaired) electrons. The average molecular weight is 223 g/mol. The first-order valence-electron chi connectivity index (χ1n) is 6.18. The second kappa shape index (κ2) is 3.47. The topological polar surface area (TPSA) is 46.6 Å². The van der Waals surface area contributed by atoms with Crippen LogP contribution < -0.4 is 0 Å². The third-order valence-corrected chi connectivity index (χ3v) is 4.35. The van der Waals surface area contributed by atoms with E-state index >= 15 is 0 Å². The Morgan fingerprint density at radius 2 is 2.12 bits per heavy atom. The van der Waals surface area contributed by atoms with Crippen LogP contribution in [0.4, 0.5) is 0 Å². The predicted octanol–water partition coefficient (Wildman–Crippen LogP) is 0.949. The number of hydrogen-bond acceptors (Lipinski definition) is 3. The first kappa shape index (κ1) is 10.1. The molecule has 3 saturated heterocycles. The number of ether oxygens (including phenoxy) is 1. The highest BCUT2D eigenvalue weighted by molar-refractivity contribution is 5.80. The smallest absolute Gasteiger partial charge is 0.309 e. The summed E-state index contributed by atoms with van der Waals surface area (Å²) in [6, 6.07) is 0.251. The molecule has 3 fully saturated rings. The van der Waals surface area contributed by atoms with Crippen molar-refractivity contribution >= 4 is 11.9 Å². The normalized spacial score (nSPS) is 42.7. The molecule has 0 aromatic carbocycles. The van der Waals surface area contributed by atoms with Crippen LogP contribution in [0.5, 0.6) is 0 Å². The quantitative estimate of drug-likeness (QED) is 0.574. The molecular formula is C12H17NO3. The van der Waals surface area contributed by atoms with Crippen molar-refractivity contribution in [1.29, 1.82) is 0 Å². The maximum Gasteiger partial charge on any atom is 0.309 e. The number of amides is 1. The fourth-order valence-electron chi connectivity index (χ4n) is 3.56. The van der Waals surface area contributed by atoms with Gasteiger partial charge < -0.3 is 9.64 Å². The Balaban J connectivity index is 1.91. The molecule has 3 heterocycles. The van der Waals surface area contributed by atoms with Crippen LogP contribution in [0.2, 0.25) is 0 Å². The van der Waals surface area contributed by atoms with E-state index in [9.17, 15) is 9.59 Å². The molecule has 0 bridgehead atoms. The van der Waals surface area contributed by atoms with Crippen molar-refractivity contribution in [2.24, 2.45) is 11.8 Å². The summed E-state index contributed by atoms with van der Waals surface area (Å²) in [5.74, 6) is 0.386. The molecule has 0 aromatic heterocycles. The van der Waals surface area contributed by atoms with E-state index in [0.717, 1.165) is 25.8 Å². The summed E-state index contributed by atoms with van der Waals surface area (Å²) in [6.07, 6.45) is 3.49. The number of nitrogens with zero attached hydrogens (tertiary/aromatic N) is 1. The number of carbonyl (C=O) groups excluding carboxylic acids is 2. The Morgan fingerprint density at radius 1 is 1.31 bits per heavy atom. The van der Waals surface area contributed by atoms with Crippen LogP contribution in [0.25, 0.3) is 0 Å². The minimum Gasteiger partial charge on any atom is -0.462 e. The fourth-order valence-corrected chi connectivity index (χ4v) is 3.56. The van der Waals surface area contributed by atoms with Gasteiger partial charge in [0.1, 0.15) is 6.10 Å². The monoisotopic (exact) mass is 223 g/mol. The molecule has 3 rings (SSSR count). The Bertz CT molecular complexity index is 339. The number of hydrogen-bond donors (Lipinski definition) is 0. The van der Waals surface area contributed by atoms with Crippen molar-refractivity contribution in [2.75, 3.05) is 6.54 Å². The van der Waals surface area contributed by atoms with Crippen LogP contribution >= 0.6 is 0 Å². The van der Waals surface area contributed by atoms with Gasteiger partial charge in [0.05, 0.1) is 5.92 Å². The number of fused-ring (bicyclic) bond motifs is 3. The van der Waals surface area contributed by atoms with Gasteiger partial charge in [-0.1, -0.05) is 6.92 Å². The van der Waals surface area contributed by atoms with Crippen molar-refractivity contribution in [3.05, 3.63) is 0 Å². The summed E-state index contributed by atoms with van der Waals surface area (Å²) in [6.45, 7) is 2.79. The van der Waals surface area contributed by atoms with Crippen LogP contribution in [0, 0.1) is 11.8 Å². The van der Waals surface area contributed by atoms with E-state index in [0.29, 0.717) is 6.42 Å². The molecule has 4 heteroatoms. The van der Waals surface area contributed by atoms with Crippen LogP contribution in [0.1, 0.15) is 32.6 Å². The minimum absolute atomic E-state index is 0.0403. The van der Waals surface area contributed by atoms with Gasteiger partial charge in [-0.15, -0.1) is 0 Å². The zero-order chi connectivity index (χ0) is 11.3. The summed E-state index contributed by atoms with van der Waals surface area (Å²) in [5, 5.41) is 0. The molecule has 1 amide bonds. The molecule has 16 heavy (non-hydrogen) atoms. The molecular weight excluding hydrogens is 206 g/mol. The van der Waals surface area contributed by atoms with Gasteiger partial charge in [-0.3, -0.25) is 9.59 Å². The Labute approximate surface area is 94.9 Å². The molecule has 3 aliphatic rings. The predicted molar refractivity (Wildman–Crippen MR) is 56.5 cm³/mol.